The Hall–Kier alpha value is -1.97. The van der Waals surface area contributed by atoms with E-state index < -0.39 is 11.9 Å². The topological polar surface area (TPSA) is 43.6 Å². The van der Waals surface area contributed by atoms with Crippen LogP contribution < -0.4 is 0 Å². The van der Waals surface area contributed by atoms with Crippen LogP contribution in [0.1, 0.15) is 11.3 Å². The zero-order valence-electron chi connectivity index (χ0n) is 11.8. The molecule has 0 bridgehead atoms. The molecule has 23 heavy (non-hydrogen) atoms. The van der Waals surface area contributed by atoms with Crippen LogP contribution in [0.5, 0.6) is 0 Å². The van der Waals surface area contributed by atoms with Crippen molar-refractivity contribution in [2.24, 2.45) is 0 Å². The predicted octanol–water partition coefficient (Wildman–Crippen LogP) is 4.26. The highest BCUT2D eigenvalue weighted by Crippen LogP contribution is 2.28. The molecule has 0 unspecified atom stereocenters. The van der Waals surface area contributed by atoms with Gasteiger partial charge in [0.05, 0.1) is 5.69 Å². The van der Waals surface area contributed by atoms with E-state index in [-0.39, 0.29) is 5.95 Å². The highest BCUT2D eigenvalue weighted by molar-refractivity contribution is 14.1. The molecule has 2 heterocycles. The second-order valence-corrected chi connectivity index (χ2v) is 5.99. The van der Waals surface area contributed by atoms with E-state index in [0.29, 0.717) is 9.39 Å². The molecule has 0 spiro atoms. The van der Waals surface area contributed by atoms with Crippen molar-refractivity contribution >= 4 is 22.6 Å². The highest BCUT2D eigenvalue weighted by Gasteiger charge is 2.33. The first kappa shape index (κ1) is 15.9. The Kier molecular flexibility index (Phi) is 4.09. The van der Waals surface area contributed by atoms with E-state index >= 15 is 0 Å². The molecule has 0 aliphatic heterocycles. The Morgan fingerprint density at radius 1 is 1.09 bits per heavy atom. The summed E-state index contributed by atoms with van der Waals surface area (Å²) in [5, 5.41) is 3.51. The predicted molar refractivity (Wildman–Crippen MR) is 87.0 cm³/mol. The molecule has 0 fully saturated rings. The van der Waals surface area contributed by atoms with E-state index in [9.17, 15) is 13.2 Å². The number of alkyl halides is 3. The van der Waals surface area contributed by atoms with Gasteiger partial charge in [-0.1, -0.05) is 23.8 Å². The summed E-state index contributed by atoms with van der Waals surface area (Å²) in [4.78, 5) is 8.48. The summed E-state index contributed by atoms with van der Waals surface area (Å²) in [6.45, 7) is 1.96. The van der Waals surface area contributed by atoms with Crippen molar-refractivity contribution in [3.8, 4) is 17.2 Å². The number of benzene rings is 1. The van der Waals surface area contributed by atoms with Crippen LogP contribution >= 0.6 is 22.6 Å². The van der Waals surface area contributed by atoms with Crippen LogP contribution in [0.2, 0.25) is 0 Å². The highest BCUT2D eigenvalue weighted by atomic mass is 127. The molecule has 0 saturated heterocycles. The fourth-order valence-electron chi connectivity index (χ4n) is 2.05. The van der Waals surface area contributed by atoms with Gasteiger partial charge >= 0.3 is 6.18 Å². The first-order chi connectivity index (χ1) is 10.8. The van der Waals surface area contributed by atoms with Gasteiger partial charge in [0.15, 0.2) is 5.69 Å². The van der Waals surface area contributed by atoms with Crippen molar-refractivity contribution < 1.29 is 13.2 Å². The van der Waals surface area contributed by atoms with E-state index in [1.54, 1.807) is 6.07 Å². The van der Waals surface area contributed by atoms with Gasteiger partial charge in [-0.3, -0.25) is 0 Å². The summed E-state index contributed by atoms with van der Waals surface area (Å²) in [7, 11) is 0. The standard InChI is InChI=1S/C15H10F3IN4/c1-9-3-2-4-10(7-9)11-8-13(19)21-14(20-11)23-6-5-12(22-23)15(16,17)18/h2-8H,1H3. The van der Waals surface area contributed by atoms with Crippen LogP contribution in [0.3, 0.4) is 0 Å². The van der Waals surface area contributed by atoms with Gasteiger partial charge < -0.3 is 0 Å². The number of hydrogen-bond donors (Lipinski definition) is 0. The van der Waals surface area contributed by atoms with E-state index in [1.807, 2.05) is 53.8 Å². The molecule has 118 valence electrons. The van der Waals surface area contributed by atoms with Crippen LogP contribution in [-0.2, 0) is 6.18 Å². The molecule has 0 atom stereocenters. The van der Waals surface area contributed by atoms with Crippen LogP contribution in [-0.4, -0.2) is 19.7 Å². The fourth-order valence-corrected chi connectivity index (χ4v) is 2.56. The Morgan fingerprint density at radius 2 is 1.87 bits per heavy atom. The van der Waals surface area contributed by atoms with Gasteiger partial charge in [-0.15, -0.1) is 0 Å². The maximum Gasteiger partial charge on any atom is 0.435 e. The first-order valence-corrected chi connectivity index (χ1v) is 7.66. The molecule has 1 aromatic carbocycles. The van der Waals surface area contributed by atoms with Gasteiger partial charge in [-0.25, -0.2) is 14.6 Å². The Bertz CT molecular complexity index is 858. The van der Waals surface area contributed by atoms with Gasteiger partial charge in [0.25, 0.3) is 5.95 Å². The van der Waals surface area contributed by atoms with Gasteiger partial charge in [0.1, 0.15) is 3.70 Å². The number of aryl methyl sites for hydroxylation is 1. The quantitative estimate of drug-likeness (QED) is 0.451. The molecule has 0 aliphatic carbocycles. The normalized spacial score (nSPS) is 11.7. The molecule has 3 aromatic rings. The zero-order valence-corrected chi connectivity index (χ0v) is 14.0. The number of aromatic nitrogens is 4. The third-order valence-electron chi connectivity index (χ3n) is 3.08. The van der Waals surface area contributed by atoms with E-state index in [1.165, 1.54) is 6.20 Å². The van der Waals surface area contributed by atoms with E-state index in [0.717, 1.165) is 21.9 Å². The maximum atomic E-state index is 12.7. The molecule has 4 nitrogen and oxygen atoms in total. The number of nitrogens with zero attached hydrogens (tertiary/aromatic N) is 4. The smallest absolute Gasteiger partial charge is 0.211 e. The number of hydrogen-bond acceptors (Lipinski definition) is 3. The largest absolute Gasteiger partial charge is 0.435 e. The summed E-state index contributed by atoms with van der Waals surface area (Å²) < 4.78 is 39.7. The minimum atomic E-state index is -4.49. The zero-order chi connectivity index (χ0) is 16.6. The molecule has 3 rings (SSSR count). The van der Waals surface area contributed by atoms with Crippen molar-refractivity contribution in [2.45, 2.75) is 13.1 Å². The molecule has 0 aliphatic rings. The summed E-state index contributed by atoms with van der Waals surface area (Å²) in [5.41, 5.74) is 1.59. The summed E-state index contributed by atoms with van der Waals surface area (Å²) in [6.07, 6.45) is -3.29. The summed E-state index contributed by atoms with van der Waals surface area (Å²) in [6, 6.07) is 10.4. The van der Waals surface area contributed by atoms with Gasteiger partial charge in [-0.05, 0) is 47.7 Å². The van der Waals surface area contributed by atoms with E-state index in [2.05, 4.69) is 15.1 Å². The fraction of sp³-hybridized carbons (Fsp3) is 0.133. The Balaban J connectivity index is 2.06. The maximum absolute atomic E-state index is 12.7. The van der Waals surface area contributed by atoms with Crippen LogP contribution in [0, 0.1) is 10.6 Å². The Morgan fingerprint density at radius 3 is 2.52 bits per heavy atom. The molecular weight excluding hydrogens is 420 g/mol. The first-order valence-electron chi connectivity index (χ1n) is 6.58. The Labute approximate surface area is 143 Å². The lowest BCUT2D eigenvalue weighted by Gasteiger charge is -2.06. The molecule has 0 radical (unpaired) electrons. The van der Waals surface area contributed by atoms with E-state index in [4.69, 9.17) is 0 Å². The minimum Gasteiger partial charge on any atom is -0.211 e. The average Bonchev–Trinajstić information content (AvgIpc) is 2.96. The summed E-state index contributed by atoms with van der Waals surface area (Å²) in [5.74, 6) is 0.101. The molecule has 8 heteroatoms. The monoisotopic (exact) mass is 430 g/mol. The molecular formula is C15H10F3IN4. The van der Waals surface area contributed by atoms with Crippen molar-refractivity contribution in [1.29, 1.82) is 0 Å². The van der Waals surface area contributed by atoms with Crippen LogP contribution in [0.25, 0.3) is 17.2 Å². The molecule has 0 N–H and O–H groups in total. The third-order valence-corrected chi connectivity index (χ3v) is 3.63. The average molecular weight is 430 g/mol. The van der Waals surface area contributed by atoms with Gasteiger partial charge in [0, 0.05) is 11.8 Å². The molecule has 0 amide bonds. The van der Waals surface area contributed by atoms with Gasteiger partial charge in [-0.2, -0.15) is 18.3 Å². The van der Waals surface area contributed by atoms with Crippen molar-refractivity contribution in [2.75, 3.05) is 0 Å². The minimum absolute atomic E-state index is 0.101. The molecule has 2 aromatic heterocycles. The van der Waals surface area contributed by atoms with Crippen LogP contribution in [0.4, 0.5) is 13.2 Å². The molecule has 0 saturated carbocycles. The second-order valence-electron chi connectivity index (χ2n) is 4.89. The van der Waals surface area contributed by atoms with Crippen molar-refractivity contribution in [3.05, 3.63) is 57.6 Å². The lowest BCUT2D eigenvalue weighted by atomic mass is 10.1. The summed E-state index contributed by atoms with van der Waals surface area (Å²) >= 11 is 2.00. The lowest BCUT2D eigenvalue weighted by Crippen LogP contribution is -2.09. The second kappa shape index (κ2) is 5.91. The van der Waals surface area contributed by atoms with Gasteiger partial charge in [0.2, 0.25) is 0 Å². The van der Waals surface area contributed by atoms with Crippen molar-refractivity contribution in [1.82, 2.24) is 19.7 Å². The number of halogens is 4. The number of rotatable bonds is 2. The van der Waals surface area contributed by atoms with Crippen LogP contribution in [0.15, 0.2) is 42.6 Å². The lowest BCUT2D eigenvalue weighted by molar-refractivity contribution is -0.141. The van der Waals surface area contributed by atoms with Crippen molar-refractivity contribution in [3.63, 3.8) is 0 Å². The SMILES string of the molecule is Cc1cccc(-c2cc(I)nc(-n3ccc(C(F)(F)F)n3)n2)c1. The third kappa shape index (κ3) is 3.52.